The van der Waals surface area contributed by atoms with E-state index >= 15 is 0 Å². The second-order valence-corrected chi connectivity index (χ2v) is 5.39. The first-order valence-electron chi connectivity index (χ1n) is 6.20. The minimum atomic E-state index is 0.276. The zero-order valence-corrected chi connectivity index (χ0v) is 10.4. The number of rotatable bonds is 4. The molecule has 3 heteroatoms. The second kappa shape index (κ2) is 5.83. The maximum absolute atomic E-state index is 6.36. The molecule has 0 aliphatic carbocycles. The van der Waals surface area contributed by atoms with Gasteiger partial charge in [-0.2, -0.15) is 0 Å². The van der Waals surface area contributed by atoms with Crippen molar-refractivity contribution in [1.29, 1.82) is 0 Å². The van der Waals surface area contributed by atoms with Crippen LogP contribution in [0.15, 0.2) is 0 Å². The van der Waals surface area contributed by atoms with E-state index < -0.39 is 0 Å². The van der Waals surface area contributed by atoms with E-state index in [1.54, 1.807) is 0 Å². The number of piperidine rings is 1. The van der Waals surface area contributed by atoms with Gasteiger partial charge in [0.25, 0.3) is 0 Å². The molecule has 1 heterocycles. The highest BCUT2D eigenvalue weighted by Crippen LogP contribution is 2.25. The van der Waals surface area contributed by atoms with Crippen LogP contribution in [0.5, 0.6) is 0 Å². The summed E-state index contributed by atoms with van der Waals surface area (Å²) in [6.45, 7) is 7.54. The van der Waals surface area contributed by atoms with Crippen LogP contribution < -0.4 is 11.5 Å². The third-order valence-electron chi connectivity index (χ3n) is 3.83. The lowest BCUT2D eigenvalue weighted by Crippen LogP contribution is -2.49. The maximum Gasteiger partial charge on any atom is 0.0122 e. The summed E-state index contributed by atoms with van der Waals surface area (Å²) in [4.78, 5) is 2.39. The quantitative estimate of drug-likeness (QED) is 0.729. The molecule has 1 aliphatic heterocycles. The fourth-order valence-corrected chi connectivity index (χ4v) is 2.74. The molecule has 90 valence electrons. The van der Waals surface area contributed by atoms with Crippen molar-refractivity contribution in [3.05, 3.63) is 0 Å². The minimum absolute atomic E-state index is 0.276. The SMILES string of the molecule is CC(C)C(CN)C(N)C1CCCN(C)C1. The van der Waals surface area contributed by atoms with Gasteiger partial charge in [0.2, 0.25) is 0 Å². The predicted molar refractivity (Wildman–Crippen MR) is 65.6 cm³/mol. The molecular formula is C12H27N3. The Morgan fingerprint density at radius 2 is 2.07 bits per heavy atom. The lowest BCUT2D eigenvalue weighted by molar-refractivity contribution is 0.149. The monoisotopic (exact) mass is 213 g/mol. The van der Waals surface area contributed by atoms with E-state index in [4.69, 9.17) is 11.5 Å². The predicted octanol–water partition coefficient (Wildman–Crippen LogP) is 0.886. The second-order valence-electron chi connectivity index (χ2n) is 5.39. The zero-order chi connectivity index (χ0) is 11.4. The Balaban J connectivity index is 2.53. The Morgan fingerprint density at radius 3 is 2.53 bits per heavy atom. The third-order valence-corrected chi connectivity index (χ3v) is 3.83. The van der Waals surface area contributed by atoms with Gasteiger partial charge in [0, 0.05) is 12.6 Å². The zero-order valence-electron chi connectivity index (χ0n) is 10.4. The molecule has 0 radical (unpaired) electrons. The average Bonchev–Trinajstić information content (AvgIpc) is 2.18. The van der Waals surface area contributed by atoms with E-state index in [9.17, 15) is 0 Å². The van der Waals surface area contributed by atoms with Crippen molar-refractivity contribution >= 4 is 0 Å². The van der Waals surface area contributed by atoms with Crippen LogP contribution in [-0.4, -0.2) is 37.6 Å². The van der Waals surface area contributed by atoms with E-state index in [2.05, 4.69) is 25.8 Å². The Morgan fingerprint density at radius 1 is 1.40 bits per heavy atom. The molecule has 0 saturated carbocycles. The molecule has 0 bridgehead atoms. The highest BCUT2D eigenvalue weighted by molar-refractivity contribution is 4.86. The van der Waals surface area contributed by atoms with Crippen LogP contribution in [-0.2, 0) is 0 Å². The fourth-order valence-electron chi connectivity index (χ4n) is 2.74. The van der Waals surface area contributed by atoms with E-state index in [0.717, 1.165) is 13.1 Å². The van der Waals surface area contributed by atoms with Gasteiger partial charge in [-0.05, 0) is 50.7 Å². The number of likely N-dealkylation sites (tertiary alicyclic amines) is 1. The van der Waals surface area contributed by atoms with Gasteiger partial charge in [0.05, 0.1) is 0 Å². The van der Waals surface area contributed by atoms with Gasteiger partial charge in [-0.1, -0.05) is 13.8 Å². The van der Waals surface area contributed by atoms with Crippen LogP contribution in [0.2, 0.25) is 0 Å². The summed E-state index contributed by atoms with van der Waals surface area (Å²) in [5.41, 5.74) is 12.2. The molecule has 3 unspecified atom stereocenters. The van der Waals surface area contributed by atoms with Crippen molar-refractivity contribution in [2.75, 3.05) is 26.7 Å². The number of nitrogens with two attached hydrogens (primary N) is 2. The Labute approximate surface area is 94.2 Å². The molecule has 1 saturated heterocycles. The lowest BCUT2D eigenvalue weighted by atomic mass is 9.79. The van der Waals surface area contributed by atoms with Crippen LogP contribution in [0.25, 0.3) is 0 Å². The van der Waals surface area contributed by atoms with Crippen molar-refractivity contribution < 1.29 is 0 Å². The molecule has 4 N–H and O–H groups in total. The van der Waals surface area contributed by atoms with E-state index in [1.807, 2.05) is 0 Å². The molecule has 3 nitrogen and oxygen atoms in total. The first-order valence-corrected chi connectivity index (χ1v) is 6.20. The molecule has 0 amide bonds. The van der Waals surface area contributed by atoms with Gasteiger partial charge in [-0.15, -0.1) is 0 Å². The Hall–Kier alpha value is -0.120. The van der Waals surface area contributed by atoms with Gasteiger partial charge in [-0.25, -0.2) is 0 Å². The fraction of sp³-hybridized carbons (Fsp3) is 1.00. The maximum atomic E-state index is 6.36. The largest absolute Gasteiger partial charge is 0.330 e. The highest BCUT2D eigenvalue weighted by atomic mass is 15.1. The van der Waals surface area contributed by atoms with Crippen molar-refractivity contribution in [2.24, 2.45) is 29.2 Å². The Bertz CT molecular complexity index is 182. The van der Waals surface area contributed by atoms with Crippen LogP contribution in [0.1, 0.15) is 26.7 Å². The number of hydrogen-bond acceptors (Lipinski definition) is 3. The first kappa shape index (κ1) is 12.9. The summed E-state index contributed by atoms with van der Waals surface area (Å²) in [6, 6.07) is 0.276. The van der Waals surface area contributed by atoms with Gasteiger partial charge in [0.15, 0.2) is 0 Å². The van der Waals surface area contributed by atoms with Crippen molar-refractivity contribution in [3.63, 3.8) is 0 Å². The summed E-state index contributed by atoms with van der Waals surface area (Å²) >= 11 is 0. The average molecular weight is 213 g/mol. The third kappa shape index (κ3) is 3.44. The molecular weight excluding hydrogens is 186 g/mol. The van der Waals surface area contributed by atoms with Crippen molar-refractivity contribution in [1.82, 2.24) is 4.90 Å². The molecule has 15 heavy (non-hydrogen) atoms. The topological polar surface area (TPSA) is 55.3 Å². The molecule has 0 spiro atoms. The molecule has 0 aromatic rings. The van der Waals surface area contributed by atoms with Crippen LogP contribution in [0.4, 0.5) is 0 Å². The van der Waals surface area contributed by atoms with Gasteiger partial charge < -0.3 is 16.4 Å². The highest BCUT2D eigenvalue weighted by Gasteiger charge is 2.29. The molecule has 1 rings (SSSR count). The summed E-state index contributed by atoms with van der Waals surface area (Å²) in [7, 11) is 2.19. The van der Waals surface area contributed by atoms with E-state index in [0.29, 0.717) is 17.8 Å². The van der Waals surface area contributed by atoms with E-state index in [-0.39, 0.29) is 6.04 Å². The van der Waals surface area contributed by atoms with E-state index in [1.165, 1.54) is 19.4 Å². The minimum Gasteiger partial charge on any atom is -0.330 e. The summed E-state index contributed by atoms with van der Waals surface area (Å²) < 4.78 is 0. The summed E-state index contributed by atoms with van der Waals surface area (Å²) in [6.07, 6.45) is 2.55. The standard InChI is InChI=1S/C12H27N3/c1-9(2)11(7-13)12(14)10-5-4-6-15(3)8-10/h9-12H,4-8,13-14H2,1-3H3. The lowest BCUT2D eigenvalue weighted by Gasteiger charge is -2.38. The van der Waals surface area contributed by atoms with Crippen LogP contribution >= 0.6 is 0 Å². The Kier molecular flexibility index (Phi) is 5.03. The van der Waals surface area contributed by atoms with Gasteiger partial charge >= 0.3 is 0 Å². The summed E-state index contributed by atoms with van der Waals surface area (Å²) in [5.74, 6) is 1.71. The number of hydrogen-bond donors (Lipinski definition) is 2. The van der Waals surface area contributed by atoms with Crippen LogP contribution in [0, 0.1) is 17.8 Å². The normalized spacial score (nSPS) is 28.0. The van der Waals surface area contributed by atoms with Crippen molar-refractivity contribution in [2.45, 2.75) is 32.7 Å². The molecule has 3 atom stereocenters. The first-order chi connectivity index (χ1) is 7.06. The molecule has 1 aliphatic rings. The van der Waals surface area contributed by atoms with Gasteiger partial charge in [0.1, 0.15) is 0 Å². The van der Waals surface area contributed by atoms with Crippen LogP contribution in [0.3, 0.4) is 0 Å². The molecule has 0 aromatic carbocycles. The van der Waals surface area contributed by atoms with Crippen molar-refractivity contribution in [3.8, 4) is 0 Å². The number of nitrogens with zero attached hydrogens (tertiary/aromatic N) is 1. The molecule has 0 aromatic heterocycles. The summed E-state index contributed by atoms with van der Waals surface area (Å²) in [5, 5.41) is 0. The smallest absolute Gasteiger partial charge is 0.0122 e. The van der Waals surface area contributed by atoms with Gasteiger partial charge in [-0.3, -0.25) is 0 Å². The molecule has 1 fully saturated rings.